The maximum Gasteiger partial charge on any atom is 0.255 e. The average Bonchev–Trinajstić information content (AvgIpc) is 2.93. The van der Waals surface area contributed by atoms with Gasteiger partial charge in [0, 0.05) is 31.0 Å². The Morgan fingerprint density at radius 2 is 1.88 bits per heavy atom. The molecule has 1 unspecified atom stereocenters. The second-order valence-electron chi connectivity index (χ2n) is 6.73. The summed E-state index contributed by atoms with van der Waals surface area (Å²) in [5, 5.41) is 4.42. The third-order valence-electron chi connectivity index (χ3n) is 4.79. The zero-order valence-corrected chi connectivity index (χ0v) is 17.0. The molecule has 1 amide bonds. The van der Waals surface area contributed by atoms with Gasteiger partial charge in [0.2, 0.25) is 0 Å². The molecular weight excluding hydrogens is 373 g/mol. The maximum atomic E-state index is 12.6. The van der Waals surface area contributed by atoms with E-state index in [0.29, 0.717) is 11.5 Å². The number of aromatic nitrogens is 3. The number of halogens is 2. The summed E-state index contributed by atoms with van der Waals surface area (Å²) in [6.45, 7) is 7.52. The van der Waals surface area contributed by atoms with Gasteiger partial charge in [0.05, 0.1) is 11.3 Å². The molecule has 1 saturated heterocycles. The van der Waals surface area contributed by atoms with Gasteiger partial charge in [-0.1, -0.05) is 0 Å². The number of piperidine rings is 1. The van der Waals surface area contributed by atoms with Crippen LogP contribution in [0.1, 0.15) is 41.5 Å². The maximum absolute atomic E-state index is 12.6. The second-order valence-corrected chi connectivity index (χ2v) is 6.73. The first kappa shape index (κ1) is 22.4. The van der Waals surface area contributed by atoms with Gasteiger partial charge in [0.1, 0.15) is 0 Å². The SMILES string of the molecule is Cc1cc(C)n(-c2ccc(C(=O)N3CCC(C(C)N)CC3)cn2)n1.Cl.Cl. The Morgan fingerprint density at radius 3 is 2.35 bits per heavy atom. The summed E-state index contributed by atoms with van der Waals surface area (Å²) in [5.74, 6) is 1.29. The molecule has 3 rings (SSSR count). The van der Waals surface area contributed by atoms with Crippen molar-refractivity contribution in [1.82, 2.24) is 19.7 Å². The van der Waals surface area contributed by atoms with Crippen LogP contribution in [0.4, 0.5) is 0 Å². The molecule has 0 spiro atoms. The topological polar surface area (TPSA) is 77.0 Å². The van der Waals surface area contributed by atoms with E-state index >= 15 is 0 Å². The molecule has 0 radical (unpaired) electrons. The minimum Gasteiger partial charge on any atom is -0.339 e. The second kappa shape index (κ2) is 9.35. The molecule has 1 aliphatic rings. The highest BCUT2D eigenvalue weighted by Crippen LogP contribution is 2.21. The van der Waals surface area contributed by atoms with E-state index in [-0.39, 0.29) is 36.8 Å². The largest absolute Gasteiger partial charge is 0.339 e. The Kier molecular flexibility index (Phi) is 8.06. The van der Waals surface area contributed by atoms with Gasteiger partial charge in [-0.3, -0.25) is 4.79 Å². The minimum absolute atomic E-state index is 0. The highest BCUT2D eigenvalue weighted by Gasteiger charge is 2.25. The zero-order valence-electron chi connectivity index (χ0n) is 15.4. The molecule has 2 N–H and O–H groups in total. The minimum atomic E-state index is 0. The van der Waals surface area contributed by atoms with Gasteiger partial charge >= 0.3 is 0 Å². The Morgan fingerprint density at radius 1 is 1.23 bits per heavy atom. The lowest BCUT2D eigenvalue weighted by atomic mass is 9.91. The van der Waals surface area contributed by atoms with E-state index < -0.39 is 0 Å². The van der Waals surface area contributed by atoms with Crippen molar-refractivity contribution in [3.63, 3.8) is 0 Å². The van der Waals surface area contributed by atoms with Crippen molar-refractivity contribution >= 4 is 30.7 Å². The molecule has 0 aliphatic carbocycles. The number of amides is 1. The lowest BCUT2D eigenvalue weighted by Gasteiger charge is -2.33. The Labute approximate surface area is 167 Å². The van der Waals surface area contributed by atoms with Crippen LogP contribution in [0.15, 0.2) is 24.4 Å². The van der Waals surface area contributed by atoms with Crippen LogP contribution >= 0.6 is 24.8 Å². The monoisotopic (exact) mass is 399 g/mol. The van der Waals surface area contributed by atoms with Crippen LogP contribution in [-0.4, -0.2) is 44.7 Å². The van der Waals surface area contributed by atoms with Crippen molar-refractivity contribution < 1.29 is 4.79 Å². The van der Waals surface area contributed by atoms with Crippen LogP contribution in [0.3, 0.4) is 0 Å². The standard InChI is InChI=1S/C18H25N5O.2ClH/c1-12-10-13(2)23(21-12)17-5-4-16(11-20-17)18(24)22-8-6-15(7-9-22)14(3)19;;/h4-5,10-11,14-15H,6-9,19H2,1-3H3;2*1H. The molecule has 0 saturated carbocycles. The molecule has 1 atom stereocenters. The quantitative estimate of drug-likeness (QED) is 0.860. The predicted molar refractivity (Wildman–Crippen MR) is 108 cm³/mol. The van der Waals surface area contributed by atoms with Gasteiger partial charge in [0.15, 0.2) is 5.82 Å². The average molecular weight is 400 g/mol. The molecule has 6 nitrogen and oxygen atoms in total. The van der Waals surface area contributed by atoms with E-state index in [0.717, 1.165) is 43.1 Å². The lowest BCUT2D eigenvalue weighted by Crippen LogP contribution is -2.42. The van der Waals surface area contributed by atoms with E-state index in [1.54, 1.807) is 10.9 Å². The first-order chi connectivity index (χ1) is 11.5. The normalized spacial score (nSPS) is 15.8. The predicted octanol–water partition coefficient (Wildman–Crippen LogP) is 2.93. The van der Waals surface area contributed by atoms with Crippen LogP contribution in [0, 0.1) is 19.8 Å². The summed E-state index contributed by atoms with van der Waals surface area (Å²) < 4.78 is 1.79. The fraction of sp³-hybridized carbons (Fsp3) is 0.500. The number of likely N-dealkylation sites (tertiary alicyclic amines) is 1. The third kappa shape index (κ3) is 4.75. The van der Waals surface area contributed by atoms with Crippen LogP contribution in [0.2, 0.25) is 0 Å². The van der Waals surface area contributed by atoms with E-state index in [2.05, 4.69) is 10.1 Å². The van der Waals surface area contributed by atoms with Crippen molar-refractivity contribution in [2.24, 2.45) is 11.7 Å². The molecule has 0 aromatic carbocycles. The number of carbonyl (C=O) groups is 1. The first-order valence-electron chi connectivity index (χ1n) is 8.50. The summed E-state index contributed by atoms with van der Waals surface area (Å²) in [5.41, 5.74) is 8.56. The Hall–Kier alpha value is -1.63. The molecule has 0 bridgehead atoms. The van der Waals surface area contributed by atoms with Crippen molar-refractivity contribution in [2.45, 2.75) is 39.7 Å². The number of hydrogen-bond acceptors (Lipinski definition) is 4. The van der Waals surface area contributed by atoms with E-state index in [4.69, 9.17) is 5.73 Å². The summed E-state index contributed by atoms with van der Waals surface area (Å²) in [4.78, 5) is 18.9. The van der Waals surface area contributed by atoms with E-state index in [1.807, 2.05) is 43.9 Å². The number of rotatable bonds is 3. The van der Waals surface area contributed by atoms with Crippen LogP contribution < -0.4 is 5.73 Å². The van der Waals surface area contributed by atoms with Crippen molar-refractivity contribution in [3.8, 4) is 5.82 Å². The van der Waals surface area contributed by atoms with Crippen LogP contribution in [0.5, 0.6) is 0 Å². The van der Waals surface area contributed by atoms with Gasteiger partial charge in [-0.05, 0) is 57.7 Å². The fourth-order valence-electron chi connectivity index (χ4n) is 3.31. The van der Waals surface area contributed by atoms with E-state index in [9.17, 15) is 4.79 Å². The molecule has 8 heteroatoms. The van der Waals surface area contributed by atoms with E-state index in [1.165, 1.54) is 0 Å². The summed E-state index contributed by atoms with van der Waals surface area (Å²) in [7, 11) is 0. The molecule has 144 valence electrons. The summed E-state index contributed by atoms with van der Waals surface area (Å²) >= 11 is 0. The van der Waals surface area contributed by atoms with Gasteiger partial charge < -0.3 is 10.6 Å². The number of carbonyl (C=O) groups excluding carboxylic acids is 1. The number of aryl methyl sites for hydroxylation is 2. The van der Waals surface area contributed by atoms with Gasteiger partial charge in [-0.25, -0.2) is 9.67 Å². The highest BCUT2D eigenvalue weighted by molar-refractivity contribution is 5.94. The summed E-state index contributed by atoms with van der Waals surface area (Å²) in [6.07, 6.45) is 3.59. The lowest BCUT2D eigenvalue weighted by molar-refractivity contribution is 0.0680. The van der Waals surface area contributed by atoms with Crippen molar-refractivity contribution in [2.75, 3.05) is 13.1 Å². The molecule has 3 heterocycles. The number of hydrogen-bond donors (Lipinski definition) is 1. The molecule has 1 aliphatic heterocycles. The number of nitrogens with two attached hydrogens (primary N) is 1. The number of nitrogens with zero attached hydrogens (tertiary/aromatic N) is 4. The third-order valence-corrected chi connectivity index (χ3v) is 4.79. The first-order valence-corrected chi connectivity index (χ1v) is 8.50. The molecular formula is C18H27Cl2N5O. The van der Waals surface area contributed by atoms with Crippen LogP contribution in [-0.2, 0) is 0 Å². The molecule has 2 aromatic heterocycles. The Balaban J connectivity index is 0.00000169. The van der Waals surface area contributed by atoms with Crippen LogP contribution in [0.25, 0.3) is 5.82 Å². The zero-order chi connectivity index (χ0) is 17.3. The van der Waals surface area contributed by atoms with Crippen molar-refractivity contribution in [3.05, 3.63) is 41.3 Å². The molecule has 2 aromatic rings. The molecule has 1 fully saturated rings. The fourth-order valence-corrected chi connectivity index (χ4v) is 3.31. The molecule has 26 heavy (non-hydrogen) atoms. The highest BCUT2D eigenvalue weighted by atomic mass is 35.5. The smallest absolute Gasteiger partial charge is 0.255 e. The Bertz CT molecular complexity index is 722. The van der Waals surface area contributed by atoms with Gasteiger partial charge in [-0.2, -0.15) is 5.10 Å². The number of pyridine rings is 1. The van der Waals surface area contributed by atoms with Gasteiger partial charge in [-0.15, -0.1) is 24.8 Å². The van der Waals surface area contributed by atoms with Crippen molar-refractivity contribution in [1.29, 1.82) is 0 Å². The van der Waals surface area contributed by atoms with Gasteiger partial charge in [0.25, 0.3) is 5.91 Å². The summed E-state index contributed by atoms with van der Waals surface area (Å²) in [6, 6.07) is 5.88.